The number of para-hydroxylation sites is 2. The predicted molar refractivity (Wildman–Crippen MR) is 78.1 cm³/mol. The first-order valence-corrected chi connectivity index (χ1v) is 6.38. The molecule has 0 N–H and O–H groups in total. The van der Waals surface area contributed by atoms with Crippen molar-refractivity contribution in [2.75, 3.05) is 12.1 Å². The van der Waals surface area contributed by atoms with Crippen LogP contribution in [0.2, 0.25) is 0 Å². The van der Waals surface area contributed by atoms with E-state index in [2.05, 4.69) is 5.10 Å². The fourth-order valence-corrected chi connectivity index (χ4v) is 2.23. The van der Waals surface area contributed by atoms with E-state index in [-0.39, 0.29) is 12.3 Å². The molecule has 0 spiro atoms. The molecular weight excluding hydrogens is 252 g/mol. The van der Waals surface area contributed by atoms with Crippen molar-refractivity contribution >= 4 is 17.3 Å². The molecule has 4 heteroatoms. The van der Waals surface area contributed by atoms with Gasteiger partial charge in [-0.15, -0.1) is 0 Å². The van der Waals surface area contributed by atoms with Crippen LogP contribution >= 0.6 is 0 Å². The van der Waals surface area contributed by atoms with Gasteiger partial charge < -0.3 is 4.74 Å². The number of ether oxygens (including phenoxy) is 1. The molecule has 0 bridgehead atoms. The standard InChI is InChI=1S/C16H14N2O2/c1-20-15-10-6-5-9-13(15)14-11-16(19)18(17-14)12-7-3-2-4-8-12/h2-10H,11H2,1H3. The molecule has 1 amide bonds. The number of anilines is 1. The lowest BCUT2D eigenvalue weighted by Crippen LogP contribution is -2.19. The Labute approximate surface area is 117 Å². The minimum absolute atomic E-state index is 0.0305. The zero-order chi connectivity index (χ0) is 13.9. The van der Waals surface area contributed by atoms with E-state index >= 15 is 0 Å². The number of rotatable bonds is 3. The van der Waals surface area contributed by atoms with E-state index in [1.165, 1.54) is 5.01 Å². The summed E-state index contributed by atoms with van der Waals surface area (Å²) in [5.41, 5.74) is 2.38. The van der Waals surface area contributed by atoms with Crippen LogP contribution in [0.1, 0.15) is 12.0 Å². The van der Waals surface area contributed by atoms with Gasteiger partial charge in [0, 0.05) is 5.56 Å². The third-order valence-corrected chi connectivity index (χ3v) is 3.19. The number of carbonyl (C=O) groups is 1. The van der Waals surface area contributed by atoms with Crippen LogP contribution in [0.25, 0.3) is 0 Å². The second-order valence-corrected chi connectivity index (χ2v) is 4.46. The number of hydrogen-bond acceptors (Lipinski definition) is 3. The van der Waals surface area contributed by atoms with Crippen molar-refractivity contribution in [2.24, 2.45) is 5.10 Å². The second-order valence-electron chi connectivity index (χ2n) is 4.46. The number of carbonyl (C=O) groups excluding carboxylic acids is 1. The van der Waals surface area contributed by atoms with Gasteiger partial charge in [0.05, 0.1) is 24.9 Å². The topological polar surface area (TPSA) is 41.9 Å². The van der Waals surface area contributed by atoms with Crippen LogP contribution in [0, 0.1) is 0 Å². The first-order chi connectivity index (χ1) is 9.79. The first-order valence-electron chi connectivity index (χ1n) is 6.38. The summed E-state index contributed by atoms with van der Waals surface area (Å²) >= 11 is 0. The second kappa shape index (κ2) is 5.17. The molecule has 2 aromatic carbocycles. The Hall–Kier alpha value is -2.62. The molecule has 100 valence electrons. The van der Waals surface area contributed by atoms with Gasteiger partial charge in [0.2, 0.25) is 0 Å². The monoisotopic (exact) mass is 266 g/mol. The van der Waals surface area contributed by atoms with E-state index < -0.39 is 0 Å². The predicted octanol–water partition coefficient (Wildman–Crippen LogP) is 2.84. The summed E-state index contributed by atoms with van der Waals surface area (Å²) in [5.74, 6) is 0.700. The molecule has 0 unspecified atom stereocenters. The molecule has 0 fully saturated rings. The third kappa shape index (κ3) is 2.16. The van der Waals surface area contributed by atoms with Gasteiger partial charge in [0.15, 0.2) is 0 Å². The number of hydrazone groups is 1. The van der Waals surface area contributed by atoms with Crippen molar-refractivity contribution in [3.05, 3.63) is 60.2 Å². The number of methoxy groups -OCH3 is 1. The van der Waals surface area contributed by atoms with Crippen LogP contribution in [0.15, 0.2) is 59.7 Å². The van der Waals surface area contributed by atoms with Gasteiger partial charge in [0.25, 0.3) is 5.91 Å². The van der Waals surface area contributed by atoms with Gasteiger partial charge in [-0.3, -0.25) is 4.79 Å². The SMILES string of the molecule is COc1ccccc1C1=NN(c2ccccc2)C(=O)C1. The number of benzene rings is 2. The Balaban J connectivity index is 1.98. The van der Waals surface area contributed by atoms with Crippen LogP contribution in [-0.2, 0) is 4.79 Å². The van der Waals surface area contributed by atoms with Crippen LogP contribution in [-0.4, -0.2) is 18.7 Å². The van der Waals surface area contributed by atoms with Gasteiger partial charge in [0.1, 0.15) is 5.75 Å². The van der Waals surface area contributed by atoms with Gasteiger partial charge in [-0.05, 0) is 24.3 Å². The fourth-order valence-electron chi connectivity index (χ4n) is 2.23. The molecule has 1 aliphatic heterocycles. The summed E-state index contributed by atoms with van der Waals surface area (Å²) in [6.07, 6.45) is 0.287. The molecule has 4 nitrogen and oxygen atoms in total. The highest BCUT2D eigenvalue weighted by molar-refractivity contribution is 6.20. The number of amides is 1. The zero-order valence-corrected chi connectivity index (χ0v) is 11.1. The third-order valence-electron chi connectivity index (χ3n) is 3.19. The lowest BCUT2D eigenvalue weighted by molar-refractivity contribution is -0.116. The average molecular weight is 266 g/mol. The highest BCUT2D eigenvalue weighted by Crippen LogP contribution is 2.26. The lowest BCUT2D eigenvalue weighted by Gasteiger charge is -2.10. The van der Waals surface area contributed by atoms with Crippen LogP contribution in [0.5, 0.6) is 5.75 Å². The Kier molecular flexibility index (Phi) is 3.21. The van der Waals surface area contributed by atoms with Crippen molar-refractivity contribution < 1.29 is 9.53 Å². The molecule has 1 aliphatic rings. The molecule has 1 heterocycles. The van der Waals surface area contributed by atoms with Gasteiger partial charge in [-0.2, -0.15) is 5.10 Å². The molecule has 0 aliphatic carbocycles. The van der Waals surface area contributed by atoms with E-state index in [1.54, 1.807) is 7.11 Å². The summed E-state index contributed by atoms with van der Waals surface area (Å²) in [6.45, 7) is 0. The molecular formula is C16H14N2O2. The van der Waals surface area contributed by atoms with E-state index in [4.69, 9.17) is 4.74 Å². The number of nitrogens with zero attached hydrogens (tertiary/aromatic N) is 2. The Bertz CT molecular complexity index is 665. The lowest BCUT2D eigenvalue weighted by atomic mass is 10.1. The molecule has 0 saturated carbocycles. The fraction of sp³-hybridized carbons (Fsp3) is 0.125. The summed E-state index contributed by atoms with van der Waals surface area (Å²) < 4.78 is 5.32. The number of hydrogen-bond donors (Lipinski definition) is 0. The molecule has 3 rings (SSSR count). The van der Waals surface area contributed by atoms with Crippen LogP contribution in [0.4, 0.5) is 5.69 Å². The summed E-state index contributed by atoms with van der Waals surface area (Å²) in [4.78, 5) is 12.1. The van der Waals surface area contributed by atoms with Crippen molar-refractivity contribution in [1.29, 1.82) is 0 Å². The molecule has 20 heavy (non-hydrogen) atoms. The quantitative estimate of drug-likeness (QED) is 0.857. The highest BCUT2D eigenvalue weighted by Gasteiger charge is 2.27. The summed E-state index contributed by atoms with van der Waals surface area (Å²) in [7, 11) is 1.62. The van der Waals surface area contributed by atoms with Gasteiger partial charge in [-0.1, -0.05) is 30.3 Å². The summed E-state index contributed by atoms with van der Waals surface area (Å²) in [6, 6.07) is 17.0. The van der Waals surface area contributed by atoms with Gasteiger partial charge >= 0.3 is 0 Å². The normalized spacial score (nSPS) is 14.3. The zero-order valence-electron chi connectivity index (χ0n) is 11.1. The highest BCUT2D eigenvalue weighted by atomic mass is 16.5. The first kappa shape index (κ1) is 12.4. The minimum atomic E-state index is -0.0305. The summed E-state index contributed by atoms with van der Waals surface area (Å²) in [5, 5.41) is 5.88. The minimum Gasteiger partial charge on any atom is -0.496 e. The van der Waals surface area contributed by atoms with Crippen molar-refractivity contribution in [2.45, 2.75) is 6.42 Å². The van der Waals surface area contributed by atoms with E-state index in [1.807, 2.05) is 54.6 Å². The van der Waals surface area contributed by atoms with Crippen LogP contribution in [0.3, 0.4) is 0 Å². The van der Waals surface area contributed by atoms with Gasteiger partial charge in [-0.25, -0.2) is 5.01 Å². The van der Waals surface area contributed by atoms with Crippen molar-refractivity contribution in [3.8, 4) is 5.75 Å². The van der Waals surface area contributed by atoms with Crippen molar-refractivity contribution in [1.82, 2.24) is 0 Å². The Morgan fingerprint density at radius 1 is 1.05 bits per heavy atom. The van der Waals surface area contributed by atoms with E-state index in [9.17, 15) is 4.79 Å². The van der Waals surface area contributed by atoms with Crippen molar-refractivity contribution in [3.63, 3.8) is 0 Å². The molecule has 2 aromatic rings. The van der Waals surface area contributed by atoms with E-state index in [0.29, 0.717) is 0 Å². The molecule has 0 saturated heterocycles. The maximum absolute atomic E-state index is 12.1. The smallest absolute Gasteiger partial charge is 0.253 e. The average Bonchev–Trinajstić information content (AvgIpc) is 2.90. The maximum Gasteiger partial charge on any atom is 0.253 e. The molecule has 0 radical (unpaired) electrons. The Morgan fingerprint density at radius 3 is 2.50 bits per heavy atom. The van der Waals surface area contributed by atoms with E-state index in [0.717, 1.165) is 22.7 Å². The maximum atomic E-state index is 12.1. The Morgan fingerprint density at radius 2 is 1.75 bits per heavy atom. The molecule has 0 aromatic heterocycles. The van der Waals surface area contributed by atoms with Crippen LogP contribution < -0.4 is 9.75 Å². The molecule has 0 atom stereocenters. The largest absolute Gasteiger partial charge is 0.496 e.